The van der Waals surface area contributed by atoms with Crippen LogP contribution in [0.25, 0.3) is 0 Å². The smallest absolute Gasteiger partial charge is 0.232 e. The second-order valence-electron chi connectivity index (χ2n) is 9.86. The number of amides is 1. The van der Waals surface area contributed by atoms with Gasteiger partial charge in [-0.25, -0.2) is 0 Å². The van der Waals surface area contributed by atoms with Crippen LogP contribution < -0.4 is 10.6 Å². The summed E-state index contributed by atoms with van der Waals surface area (Å²) in [4.78, 5) is 19.3. The lowest BCUT2D eigenvalue weighted by Crippen LogP contribution is -2.62. The van der Waals surface area contributed by atoms with Crippen LogP contribution in [0.5, 0.6) is 0 Å². The van der Waals surface area contributed by atoms with Crippen LogP contribution in [0.15, 0.2) is 36.5 Å². The van der Waals surface area contributed by atoms with Gasteiger partial charge in [-0.15, -0.1) is 0 Å². The molecule has 3 heterocycles. The molecule has 2 saturated heterocycles. The van der Waals surface area contributed by atoms with Gasteiger partial charge in [0.15, 0.2) is 5.96 Å². The molecule has 1 aliphatic carbocycles. The van der Waals surface area contributed by atoms with Gasteiger partial charge < -0.3 is 15.4 Å². The van der Waals surface area contributed by atoms with Gasteiger partial charge in [0.2, 0.25) is 5.91 Å². The molecule has 1 aromatic heterocycles. The first kappa shape index (κ1) is 23.6. The maximum Gasteiger partial charge on any atom is 0.232 e. The van der Waals surface area contributed by atoms with Crippen LogP contribution in [-0.2, 0) is 20.5 Å². The molecule has 0 unspecified atom stereocenters. The summed E-state index contributed by atoms with van der Waals surface area (Å²) in [5, 5.41) is 25.2. The molecule has 1 saturated carbocycles. The van der Waals surface area contributed by atoms with Gasteiger partial charge >= 0.3 is 0 Å². The normalized spacial score (nSPS) is 24.3. The van der Waals surface area contributed by atoms with Gasteiger partial charge in [0, 0.05) is 19.3 Å². The van der Waals surface area contributed by atoms with Crippen molar-refractivity contribution < 1.29 is 9.53 Å². The van der Waals surface area contributed by atoms with Crippen molar-refractivity contribution in [2.75, 3.05) is 18.5 Å². The van der Waals surface area contributed by atoms with Crippen LogP contribution in [0.3, 0.4) is 0 Å². The average molecular weight is 493 g/mol. The quantitative estimate of drug-likeness (QED) is 0.563. The van der Waals surface area contributed by atoms with Crippen molar-refractivity contribution in [1.82, 2.24) is 15.2 Å². The highest BCUT2D eigenvalue weighted by Crippen LogP contribution is 2.43. The number of rotatable bonds is 5. The first-order chi connectivity index (χ1) is 16.8. The first-order valence-corrected chi connectivity index (χ1v) is 12.4. The standard InChI is InChI=1S/C26H29ClN6O2/c1-25(14-22(34)33(24(29)32-25)18-8-12-35-13-9-18)19-4-2-5-20(23(19)27)31-17-6-7-21(30-15-17)26(16-28)10-3-11-26/h2,4-7,15,18,31H,3,8-14H2,1H3,(H2,29,32)/t25-/m0/s1. The van der Waals surface area contributed by atoms with E-state index in [0.29, 0.717) is 23.9 Å². The number of carbonyl (C=O) groups excluding carboxylic acids is 1. The SMILES string of the molecule is C[C@@]1(c2cccc(Nc3ccc(C4(C#N)CCC4)nc3)c2Cl)CC(=O)N(C2CCOCC2)C(=N)N1. The first-order valence-electron chi connectivity index (χ1n) is 12.1. The Morgan fingerprint density at radius 2 is 2.06 bits per heavy atom. The summed E-state index contributed by atoms with van der Waals surface area (Å²) in [7, 11) is 0. The number of nitrogens with zero attached hydrogens (tertiary/aromatic N) is 3. The maximum atomic E-state index is 13.2. The van der Waals surface area contributed by atoms with E-state index in [0.717, 1.165) is 49.0 Å². The summed E-state index contributed by atoms with van der Waals surface area (Å²) in [6, 6.07) is 11.9. The van der Waals surface area contributed by atoms with Crippen molar-refractivity contribution in [3.8, 4) is 6.07 Å². The van der Waals surface area contributed by atoms with Crippen LogP contribution in [-0.4, -0.2) is 41.0 Å². The largest absolute Gasteiger partial charge is 0.381 e. The molecule has 2 aliphatic heterocycles. The third-order valence-electron chi connectivity index (χ3n) is 7.51. The molecule has 8 nitrogen and oxygen atoms in total. The molecule has 1 amide bonds. The van der Waals surface area contributed by atoms with Crippen molar-refractivity contribution in [1.29, 1.82) is 10.7 Å². The van der Waals surface area contributed by atoms with E-state index in [9.17, 15) is 10.1 Å². The van der Waals surface area contributed by atoms with E-state index in [4.69, 9.17) is 21.7 Å². The lowest BCUT2D eigenvalue weighted by atomic mass is 9.67. The highest BCUT2D eigenvalue weighted by molar-refractivity contribution is 6.34. The van der Waals surface area contributed by atoms with Gasteiger partial charge in [0.25, 0.3) is 0 Å². The van der Waals surface area contributed by atoms with Gasteiger partial charge in [-0.3, -0.25) is 20.1 Å². The highest BCUT2D eigenvalue weighted by Gasteiger charge is 2.43. The van der Waals surface area contributed by atoms with Crippen molar-refractivity contribution in [3.63, 3.8) is 0 Å². The van der Waals surface area contributed by atoms with Gasteiger partial charge in [0.05, 0.1) is 51.7 Å². The number of ether oxygens (including phenoxy) is 1. The van der Waals surface area contributed by atoms with Gasteiger partial charge in [-0.1, -0.05) is 23.7 Å². The summed E-state index contributed by atoms with van der Waals surface area (Å²) >= 11 is 6.84. The zero-order valence-electron chi connectivity index (χ0n) is 19.7. The van der Waals surface area contributed by atoms with Crippen LogP contribution in [0, 0.1) is 16.7 Å². The molecular weight excluding hydrogens is 464 g/mol. The molecule has 2 aromatic rings. The molecule has 1 aromatic carbocycles. The number of guanidine groups is 1. The molecule has 35 heavy (non-hydrogen) atoms. The van der Waals surface area contributed by atoms with E-state index in [2.05, 4.69) is 21.7 Å². The van der Waals surface area contributed by atoms with Crippen molar-refractivity contribution >= 4 is 34.8 Å². The minimum atomic E-state index is -0.809. The minimum Gasteiger partial charge on any atom is -0.381 e. The highest BCUT2D eigenvalue weighted by atomic mass is 35.5. The molecule has 5 rings (SSSR count). The average Bonchev–Trinajstić information content (AvgIpc) is 2.81. The molecule has 1 atom stereocenters. The van der Waals surface area contributed by atoms with E-state index in [1.54, 1.807) is 11.1 Å². The number of hydrogen-bond donors (Lipinski definition) is 3. The Morgan fingerprint density at radius 1 is 1.29 bits per heavy atom. The predicted molar refractivity (Wildman–Crippen MR) is 134 cm³/mol. The number of carbonyl (C=O) groups is 1. The van der Waals surface area contributed by atoms with Crippen molar-refractivity contribution in [3.05, 3.63) is 52.8 Å². The number of nitriles is 1. The topological polar surface area (TPSA) is 114 Å². The fourth-order valence-electron chi connectivity index (χ4n) is 5.29. The molecule has 3 aliphatic rings. The maximum absolute atomic E-state index is 13.2. The van der Waals surface area contributed by atoms with Crippen LogP contribution in [0.4, 0.5) is 11.4 Å². The summed E-state index contributed by atoms with van der Waals surface area (Å²) in [5.74, 6) is 0.0204. The van der Waals surface area contributed by atoms with Crippen molar-refractivity contribution in [2.24, 2.45) is 0 Å². The lowest BCUT2D eigenvalue weighted by Gasteiger charge is -2.45. The van der Waals surface area contributed by atoms with Crippen LogP contribution in [0.1, 0.15) is 56.7 Å². The minimum absolute atomic E-state index is 0.0140. The Bertz CT molecular complexity index is 1160. The zero-order chi connectivity index (χ0) is 24.6. The Hall–Kier alpha value is -3.15. The van der Waals surface area contributed by atoms with Gasteiger partial charge in [-0.05, 0) is 62.8 Å². The number of halogens is 1. The molecule has 0 radical (unpaired) electrons. The monoisotopic (exact) mass is 492 g/mol. The molecular formula is C26H29ClN6O2. The predicted octanol–water partition coefficient (Wildman–Crippen LogP) is 4.57. The third-order valence-corrected chi connectivity index (χ3v) is 7.92. The fraction of sp³-hybridized carbons (Fsp3) is 0.462. The number of aromatic nitrogens is 1. The lowest BCUT2D eigenvalue weighted by molar-refractivity contribution is -0.133. The number of benzene rings is 1. The number of pyridine rings is 1. The molecule has 9 heteroatoms. The van der Waals surface area contributed by atoms with E-state index in [1.165, 1.54) is 0 Å². The molecule has 3 N–H and O–H groups in total. The third kappa shape index (κ3) is 4.24. The molecule has 3 fully saturated rings. The summed E-state index contributed by atoms with van der Waals surface area (Å²) < 4.78 is 5.41. The van der Waals surface area contributed by atoms with Crippen LogP contribution in [0.2, 0.25) is 5.02 Å². The van der Waals surface area contributed by atoms with E-state index >= 15 is 0 Å². The molecule has 182 valence electrons. The van der Waals surface area contributed by atoms with Gasteiger partial charge in [0.1, 0.15) is 0 Å². The summed E-state index contributed by atoms with van der Waals surface area (Å²) in [6.45, 7) is 3.11. The Kier molecular flexibility index (Phi) is 6.16. The Balaban J connectivity index is 1.35. The van der Waals surface area contributed by atoms with Crippen molar-refractivity contribution in [2.45, 2.75) is 62.4 Å². The number of anilines is 2. The van der Waals surface area contributed by atoms with E-state index in [-0.39, 0.29) is 24.3 Å². The zero-order valence-corrected chi connectivity index (χ0v) is 20.5. The fourth-order valence-corrected chi connectivity index (χ4v) is 5.67. The Labute approximate surface area is 210 Å². The molecule has 0 bridgehead atoms. The second kappa shape index (κ2) is 9.14. The number of nitrogens with one attached hydrogen (secondary N) is 3. The van der Waals surface area contributed by atoms with E-state index in [1.807, 2.05) is 37.3 Å². The number of hydrogen-bond acceptors (Lipinski definition) is 6. The second-order valence-corrected chi connectivity index (χ2v) is 10.2. The Morgan fingerprint density at radius 3 is 2.66 bits per heavy atom. The summed E-state index contributed by atoms with van der Waals surface area (Å²) in [6.07, 6.45) is 6.13. The summed E-state index contributed by atoms with van der Waals surface area (Å²) in [5.41, 5.74) is 1.74. The van der Waals surface area contributed by atoms with Crippen LogP contribution >= 0.6 is 11.6 Å². The van der Waals surface area contributed by atoms with E-state index < -0.39 is 11.0 Å². The molecule has 0 spiro atoms. The van der Waals surface area contributed by atoms with Gasteiger partial charge in [-0.2, -0.15) is 5.26 Å².